The zero-order valence-corrected chi connectivity index (χ0v) is 9.99. The zero-order chi connectivity index (χ0) is 12.7. The summed E-state index contributed by atoms with van der Waals surface area (Å²) in [6.07, 6.45) is 1.91. The minimum Gasteiger partial charge on any atom is -0.469 e. The summed E-state index contributed by atoms with van der Waals surface area (Å²) in [6, 6.07) is 0. The van der Waals surface area contributed by atoms with E-state index in [1.807, 2.05) is 6.92 Å². The molecule has 0 aliphatic carbocycles. The summed E-state index contributed by atoms with van der Waals surface area (Å²) in [7, 11) is 1.36. The van der Waals surface area contributed by atoms with Crippen LogP contribution in [0.5, 0.6) is 0 Å². The second-order valence-corrected chi connectivity index (χ2v) is 3.34. The van der Waals surface area contributed by atoms with Crippen LogP contribution >= 0.6 is 0 Å². The quantitative estimate of drug-likeness (QED) is 0.477. The smallest absolute Gasteiger partial charge is 0.307 e. The second kappa shape index (κ2) is 6.64. The van der Waals surface area contributed by atoms with Crippen LogP contribution in [0.2, 0.25) is 0 Å². The van der Waals surface area contributed by atoms with Crippen LogP contribution in [0.15, 0.2) is 6.20 Å². The first kappa shape index (κ1) is 13.2. The van der Waals surface area contributed by atoms with Crippen LogP contribution in [-0.2, 0) is 9.53 Å². The number of nitrogens with one attached hydrogen (secondary N) is 2. The van der Waals surface area contributed by atoms with E-state index in [-0.39, 0.29) is 19.1 Å². The molecule has 0 bridgehead atoms. The van der Waals surface area contributed by atoms with Crippen molar-refractivity contribution in [2.24, 2.45) is 5.73 Å². The average Bonchev–Trinajstić information content (AvgIpc) is 2.32. The number of rotatable bonds is 6. The highest BCUT2D eigenvalue weighted by Gasteiger charge is 2.06. The van der Waals surface area contributed by atoms with Gasteiger partial charge in [0.05, 0.1) is 32.1 Å². The fraction of sp³-hybridized carbons (Fsp3) is 0.500. The Hall–Kier alpha value is -1.89. The number of hydrogen-bond donors (Lipinski definition) is 3. The Bertz CT molecular complexity index is 383. The van der Waals surface area contributed by atoms with Crippen molar-refractivity contribution >= 4 is 17.6 Å². The maximum atomic E-state index is 10.9. The molecule has 0 aromatic carbocycles. The van der Waals surface area contributed by atoms with E-state index in [4.69, 9.17) is 5.73 Å². The number of nitrogens with zero attached hydrogens (tertiary/aromatic N) is 2. The molecule has 0 aliphatic rings. The van der Waals surface area contributed by atoms with Crippen molar-refractivity contribution in [3.05, 3.63) is 11.9 Å². The van der Waals surface area contributed by atoms with E-state index >= 15 is 0 Å². The van der Waals surface area contributed by atoms with Gasteiger partial charge >= 0.3 is 5.97 Å². The standard InChI is InChI=1S/C10H17N5O2/c1-7-5-13-9(10(15-7)14-6-11)12-4-3-8(16)17-2/h5H,3-4,6,11H2,1-2H3,(H,12,13)(H,14,15). The van der Waals surface area contributed by atoms with Gasteiger partial charge in [0.1, 0.15) is 0 Å². The molecule has 7 nitrogen and oxygen atoms in total. The van der Waals surface area contributed by atoms with Crippen molar-refractivity contribution in [1.29, 1.82) is 0 Å². The first-order valence-corrected chi connectivity index (χ1v) is 5.25. The largest absolute Gasteiger partial charge is 0.469 e. The van der Waals surface area contributed by atoms with Crippen LogP contribution in [0.3, 0.4) is 0 Å². The molecule has 4 N–H and O–H groups in total. The Labute approximate surface area is 99.8 Å². The number of methoxy groups -OCH3 is 1. The van der Waals surface area contributed by atoms with Gasteiger partial charge < -0.3 is 21.1 Å². The number of aromatic nitrogens is 2. The normalized spacial score (nSPS) is 9.82. The van der Waals surface area contributed by atoms with Crippen LogP contribution in [0.4, 0.5) is 11.6 Å². The maximum Gasteiger partial charge on any atom is 0.307 e. The highest BCUT2D eigenvalue weighted by Crippen LogP contribution is 2.15. The van der Waals surface area contributed by atoms with Crippen LogP contribution in [-0.4, -0.2) is 36.3 Å². The van der Waals surface area contributed by atoms with E-state index < -0.39 is 0 Å². The lowest BCUT2D eigenvalue weighted by Gasteiger charge is -2.10. The highest BCUT2D eigenvalue weighted by molar-refractivity contribution is 5.70. The summed E-state index contributed by atoms with van der Waals surface area (Å²) in [5.74, 6) is 0.883. The van der Waals surface area contributed by atoms with Crippen LogP contribution in [0.1, 0.15) is 12.1 Å². The predicted octanol–water partition coefficient (Wildman–Crippen LogP) is 0.0881. The molecule has 0 amide bonds. The molecule has 0 spiro atoms. The molecule has 17 heavy (non-hydrogen) atoms. The molecule has 0 atom stereocenters. The second-order valence-electron chi connectivity index (χ2n) is 3.34. The summed E-state index contributed by atoms with van der Waals surface area (Å²) < 4.78 is 4.53. The summed E-state index contributed by atoms with van der Waals surface area (Å²) in [6.45, 7) is 2.54. The molecule has 1 rings (SSSR count). The van der Waals surface area contributed by atoms with Crippen LogP contribution < -0.4 is 16.4 Å². The number of esters is 1. The number of ether oxygens (including phenoxy) is 1. The van der Waals surface area contributed by atoms with Crippen molar-refractivity contribution in [3.63, 3.8) is 0 Å². The lowest BCUT2D eigenvalue weighted by molar-refractivity contribution is -0.140. The minimum atomic E-state index is -0.272. The van der Waals surface area contributed by atoms with Gasteiger partial charge in [-0.3, -0.25) is 4.79 Å². The fourth-order valence-corrected chi connectivity index (χ4v) is 1.21. The van der Waals surface area contributed by atoms with Crippen molar-refractivity contribution in [2.45, 2.75) is 13.3 Å². The average molecular weight is 239 g/mol. The Balaban J connectivity index is 2.60. The number of carbonyl (C=O) groups is 1. The van der Waals surface area contributed by atoms with Gasteiger partial charge in [0.2, 0.25) is 0 Å². The van der Waals surface area contributed by atoms with E-state index in [1.165, 1.54) is 7.11 Å². The molecule has 1 aromatic rings. The van der Waals surface area contributed by atoms with E-state index in [2.05, 4.69) is 25.3 Å². The van der Waals surface area contributed by atoms with E-state index in [0.717, 1.165) is 5.69 Å². The molecule has 0 aliphatic heterocycles. The van der Waals surface area contributed by atoms with E-state index in [9.17, 15) is 4.79 Å². The molecule has 94 valence electrons. The fourth-order valence-electron chi connectivity index (χ4n) is 1.21. The molecule has 0 saturated heterocycles. The van der Waals surface area contributed by atoms with Gasteiger partial charge in [0, 0.05) is 6.54 Å². The van der Waals surface area contributed by atoms with E-state index in [0.29, 0.717) is 18.2 Å². The minimum absolute atomic E-state index is 0.268. The number of aryl methyl sites for hydroxylation is 1. The van der Waals surface area contributed by atoms with Crippen molar-refractivity contribution in [3.8, 4) is 0 Å². The lowest BCUT2D eigenvalue weighted by atomic mass is 10.4. The third-order valence-electron chi connectivity index (χ3n) is 2.01. The summed E-state index contributed by atoms with van der Waals surface area (Å²) in [5, 5.41) is 5.89. The first-order chi connectivity index (χ1) is 8.17. The summed E-state index contributed by atoms with van der Waals surface area (Å²) in [5.41, 5.74) is 6.19. The van der Waals surface area contributed by atoms with Gasteiger partial charge in [-0.15, -0.1) is 0 Å². The van der Waals surface area contributed by atoms with Gasteiger partial charge in [-0.05, 0) is 6.92 Å². The van der Waals surface area contributed by atoms with Crippen LogP contribution in [0.25, 0.3) is 0 Å². The number of nitrogens with two attached hydrogens (primary N) is 1. The summed E-state index contributed by atoms with van der Waals surface area (Å²) in [4.78, 5) is 19.4. The van der Waals surface area contributed by atoms with Gasteiger partial charge in [-0.1, -0.05) is 0 Å². The Kier molecular flexibility index (Phi) is 5.15. The van der Waals surface area contributed by atoms with Crippen LogP contribution in [0, 0.1) is 6.92 Å². The molecule has 1 aromatic heterocycles. The van der Waals surface area contributed by atoms with Gasteiger partial charge in [-0.2, -0.15) is 0 Å². The Morgan fingerprint density at radius 1 is 1.47 bits per heavy atom. The SMILES string of the molecule is COC(=O)CCNc1ncc(C)nc1NCN. The van der Waals surface area contributed by atoms with Gasteiger partial charge in [0.25, 0.3) is 0 Å². The molecular formula is C10H17N5O2. The topological polar surface area (TPSA) is 102 Å². The van der Waals surface area contributed by atoms with Gasteiger partial charge in [0.15, 0.2) is 11.6 Å². The predicted molar refractivity (Wildman–Crippen MR) is 64.6 cm³/mol. The molecule has 0 fully saturated rings. The number of carbonyl (C=O) groups excluding carboxylic acids is 1. The van der Waals surface area contributed by atoms with Gasteiger partial charge in [-0.25, -0.2) is 9.97 Å². The third-order valence-corrected chi connectivity index (χ3v) is 2.01. The molecule has 0 saturated carbocycles. The highest BCUT2D eigenvalue weighted by atomic mass is 16.5. The maximum absolute atomic E-state index is 10.9. The molecule has 0 unspecified atom stereocenters. The molecular weight excluding hydrogens is 222 g/mol. The lowest BCUT2D eigenvalue weighted by Crippen LogP contribution is -2.16. The summed E-state index contributed by atoms with van der Waals surface area (Å²) >= 11 is 0. The Morgan fingerprint density at radius 3 is 2.88 bits per heavy atom. The third kappa shape index (κ3) is 4.23. The molecule has 1 heterocycles. The van der Waals surface area contributed by atoms with Crippen molar-refractivity contribution in [2.75, 3.05) is 31.0 Å². The zero-order valence-electron chi connectivity index (χ0n) is 9.99. The van der Waals surface area contributed by atoms with Crippen molar-refractivity contribution in [1.82, 2.24) is 9.97 Å². The first-order valence-electron chi connectivity index (χ1n) is 5.25. The molecule has 0 radical (unpaired) electrons. The number of hydrogen-bond acceptors (Lipinski definition) is 7. The Morgan fingerprint density at radius 2 is 2.24 bits per heavy atom. The number of anilines is 2. The molecule has 7 heteroatoms. The van der Waals surface area contributed by atoms with E-state index in [1.54, 1.807) is 6.20 Å². The monoisotopic (exact) mass is 239 g/mol. The van der Waals surface area contributed by atoms with Crippen molar-refractivity contribution < 1.29 is 9.53 Å².